The summed E-state index contributed by atoms with van der Waals surface area (Å²) in [6, 6.07) is 6.22. The topological polar surface area (TPSA) is 133 Å². The zero-order valence-corrected chi connectivity index (χ0v) is 17.5. The van der Waals surface area contributed by atoms with E-state index >= 15 is 0 Å². The fraction of sp³-hybridized carbons (Fsp3) is 0.429. The van der Waals surface area contributed by atoms with Crippen LogP contribution in [0, 0.1) is 0 Å². The molecule has 0 aliphatic heterocycles. The van der Waals surface area contributed by atoms with Crippen LogP contribution in [0.15, 0.2) is 24.3 Å². The smallest absolute Gasteiger partial charge is 0.251 e. The van der Waals surface area contributed by atoms with Crippen molar-refractivity contribution in [3.63, 3.8) is 0 Å². The van der Waals surface area contributed by atoms with E-state index in [1.54, 1.807) is 24.3 Å². The van der Waals surface area contributed by atoms with Gasteiger partial charge in [-0.1, -0.05) is 0 Å². The lowest BCUT2D eigenvalue weighted by Gasteiger charge is -2.12. The van der Waals surface area contributed by atoms with Gasteiger partial charge in [0.05, 0.1) is 0 Å². The van der Waals surface area contributed by atoms with Crippen LogP contribution >= 0.6 is 0 Å². The first-order valence-corrected chi connectivity index (χ1v) is 9.98. The number of unbranched alkanes of at least 4 members (excludes halogenated alkanes) is 2. The molecule has 0 unspecified atom stereocenters. The third-order valence-corrected chi connectivity index (χ3v) is 4.45. The number of amides is 6. The molecule has 0 aliphatic rings. The molecule has 31 heavy (non-hydrogen) atoms. The molecule has 0 aromatic heterocycles. The highest BCUT2D eigenvalue weighted by molar-refractivity contribution is 5.97. The van der Waals surface area contributed by atoms with Gasteiger partial charge in [-0.15, -0.1) is 0 Å². The van der Waals surface area contributed by atoms with Crippen molar-refractivity contribution in [1.29, 1.82) is 0 Å². The molecule has 0 fully saturated rings. The number of benzene rings is 1. The summed E-state index contributed by atoms with van der Waals surface area (Å²) in [5, 5.41) is 5.49. The quantitative estimate of drug-likeness (QED) is 0.303. The third-order valence-electron chi connectivity index (χ3n) is 4.45. The predicted octanol–water partition coefficient (Wildman–Crippen LogP) is 0.326. The van der Waals surface area contributed by atoms with Crippen molar-refractivity contribution < 1.29 is 28.8 Å². The van der Waals surface area contributed by atoms with Gasteiger partial charge in [0.25, 0.3) is 11.8 Å². The highest BCUT2D eigenvalue weighted by Crippen LogP contribution is 2.05. The van der Waals surface area contributed by atoms with Crippen LogP contribution in [0.5, 0.6) is 0 Å². The van der Waals surface area contributed by atoms with Crippen LogP contribution in [0.4, 0.5) is 0 Å². The number of imide groups is 2. The first-order chi connectivity index (χ1) is 14.9. The van der Waals surface area contributed by atoms with Gasteiger partial charge < -0.3 is 10.6 Å². The average molecular weight is 432 g/mol. The molecule has 0 saturated heterocycles. The molecule has 0 spiro atoms. The molecule has 0 saturated carbocycles. The number of carbonyl (C=O) groups excluding carboxylic acids is 6. The zero-order valence-electron chi connectivity index (χ0n) is 17.5. The summed E-state index contributed by atoms with van der Waals surface area (Å²) < 4.78 is 0. The fourth-order valence-electron chi connectivity index (χ4n) is 2.62. The van der Waals surface area contributed by atoms with Gasteiger partial charge in [0.2, 0.25) is 25.1 Å². The van der Waals surface area contributed by atoms with Gasteiger partial charge >= 0.3 is 0 Å². The molecule has 1 aromatic carbocycles. The zero-order chi connectivity index (χ0) is 23.1. The SMILES string of the molecule is CC(=O)N(C=O)CCCCNC(=O)c1ccc(C(=O)NCCCCN(C=O)C=O)cc1. The number of nitrogens with one attached hydrogen (secondary N) is 2. The van der Waals surface area contributed by atoms with E-state index in [1.165, 1.54) is 6.92 Å². The fourth-order valence-corrected chi connectivity index (χ4v) is 2.62. The summed E-state index contributed by atoms with van der Waals surface area (Å²) in [6.07, 6.45) is 3.80. The molecular weight excluding hydrogens is 404 g/mol. The van der Waals surface area contributed by atoms with Crippen molar-refractivity contribution in [2.75, 3.05) is 26.2 Å². The molecule has 6 amide bonds. The van der Waals surface area contributed by atoms with Crippen molar-refractivity contribution >= 4 is 37.0 Å². The van der Waals surface area contributed by atoms with Crippen molar-refractivity contribution in [2.45, 2.75) is 32.6 Å². The summed E-state index contributed by atoms with van der Waals surface area (Å²) in [5.41, 5.74) is 0.828. The first kappa shape index (κ1) is 25.5. The Hall–Kier alpha value is -3.56. The van der Waals surface area contributed by atoms with Crippen molar-refractivity contribution in [1.82, 2.24) is 20.4 Å². The third kappa shape index (κ3) is 9.66. The lowest BCUT2D eigenvalue weighted by Crippen LogP contribution is -2.29. The van der Waals surface area contributed by atoms with Crippen LogP contribution in [0.1, 0.15) is 53.3 Å². The van der Waals surface area contributed by atoms with Crippen LogP contribution < -0.4 is 10.6 Å². The maximum Gasteiger partial charge on any atom is 0.251 e. The van der Waals surface area contributed by atoms with E-state index in [-0.39, 0.29) is 17.7 Å². The Morgan fingerprint density at radius 2 is 1.19 bits per heavy atom. The highest BCUT2D eigenvalue weighted by Gasteiger charge is 2.09. The van der Waals surface area contributed by atoms with Gasteiger partial charge in [0.15, 0.2) is 0 Å². The minimum atomic E-state index is -0.314. The van der Waals surface area contributed by atoms with E-state index in [9.17, 15) is 28.8 Å². The lowest BCUT2D eigenvalue weighted by atomic mass is 10.1. The number of hydrogen-bond acceptors (Lipinski definition) is 6. The monoisotopic (exact) mass is 432 g/mol. The second-order valence-corrected chi connectivity index (χ2v) is 6.77. The summed E-state index contributed by atoms with van der Waals surface area (Å²) in [6.45, 7) is 2.73. The Kier molecular flexibility index (Phi) is 11.9. The van der Waals surface area contributed by atoms with E-state index in [0.717, 1.165) is 9.80 Å². The second kappa shape index (κ2) is 14.4. The molecule has 0 radical (unpaired) electrons. The number of hydrogen-bond donors (Lipinski definition) is 2. The van der Waals surface area contributed by atoms with E-state index in [2.05, 4.69) is 10.6 Å². The lowest BCUT2D eigenvalue weighted by molar-refractivity contribution is -0.136. The Labute approximate surface area is 180 Å². The summed E-state index contributed by atoms with van der Waals surface area (Å²) >= 11 is 0. The summed E-state index contributed by atoms with van der Waals surface area (Å²) in [7, 11) is 0. The molecule has 2 N–H and O–H groups in total. The van der Waals surface area contributed by atoms with Crippen LogP contribution in [-0.4, -0.2) is 72.9 Å². The van der Waals surface area contributed by atoms with Crippen LogP contribution in [0.2, 0.25) is 0 Å². The van der Waals surface area contributed by atoms with Gasteiger partial charge in [-0.05, 0) is 49.9 Å². The molecule has 10 nitrogen and oxygen atoms in total. The Morgan fingerprint density at radius 3 is 1.58 bits per heavy atom. The van der Waals surface area contributed by atoms with Crippen LogP contribution in [0.3, 0.4) is 0 Å². The maximum atomic E-state index is 12.1. The predicted molar refractivity (Wildman–Crippen MR) is 112 cm³/mol. The molecule has 0 heterocycles. The Bertz CT molecular complexity index is 758. The average Bonchev–Trinajstić information content (AvgIpc) is 2.78. The first-order valence-electron chi connectivity index (χ1n) is 9.98. The van der Waals surface area contributed by atoms with Crippen LogP contribution in [-0.2, 0) is 19.2 Å². The maximum absolute atomic E-state index is 12.1. The summed E-state index contributed by atoms with van der Waals surface area (Å²) in [4.78, 5) is 69.1. The standard InChI is InChI=1S/C21H28N4O6/c1-17(29)25(16-28)13-5-3-11-23-21(31)19-8-6-18(7-9-19)20(30)22-10-2-4-12-24(14-26)15-27/h6-9,14-16H,2-5,10-13H2,1H3,(H,22,30)(H,23,31). The largest absolute Gasteiger partial charge is 0.352 e. The van der Waals surface area contributed by atoms with Gasteiger partial charge in [-0.3, -0.25) is 38.6 Å². The molecule has 1 rings (SSSR count). The summed E-state index contributed by atoms with van der Waals surface area (Å²) in [5.74, 6) is -0.869. The van der Waals surface area contributed by atoms with E-state index in [0.29, 0.717) is 82.2 Å². The van der Waals surface area contributed by atoms with Crippen LogP contribution in [0.25, 0.3) is 0 Å². The van der Waals surface area contributed by atoms with E-state index in [4.69, 9.17) is 0 Å². The van der Waals surface area contributed by atoms with Crippen molar-refractivity contribution in [3.05, 3.63) is 35.4 Å². The molecule has 168 valence electrons. The van der Waals surface area contributed by atoms with Gasteiger partial charge in [0, 0.05) is 44.2 Å². The molecule has 0 atom stereocenters. The normalized spacial score (nSPS) is 9.97. The van der Waals surface area contributed by atoms with Gasteiger partial charge in [-0.2, -0.15) is 0 Å². The molecule has 0 bridgehead atoms. The number of carbonyl (C=O) groups is 6. The number of nitrogens with zero attached hydrogens (tertiary/aromatic N) is 2. The van der Waals surface area contributed by atoms with E-state index < -0.39 is 0 Å². The Balaban J connectivity index is 2.31. The Morgan fingerprint density at radius 1 is 0.742 bits per heavy atom. The number of rotatable bonds is 15. The molecule has 10 heteroatoms. The molecule has 1 aromatic rings. The minimum Gasteiger partial charge on any atom is -0.352 e. The van der Waals surface area contributed by atoms with Crippen molar-refractivity contribution in [3.8, 4) is 0 Å². The minimum absolute atomic E-state index is 0.277. The second-order valence-electron chi connectivity index (χ2n) is 6.77. The molecule has 0 aliphatic carbocycles. The molecular formula is C21H28N4O6. The van der Waals surface area contributed by atoms with Crippen molar-refractivity contribution in [2.24, 2.45) is 0 Å². The van der Waals surface area contributed by atoms with E-state index in [1.807, 2.05) is 0 Å². The van der Waals surface area contributed by atoms with Gasteiger partial charge in [0.1, 0.15) is 0 Å². The highest BCUT2D eigenvalue weighted by atomic mass is 16.2. The van der Waals surface area contributed by atoms with Gasteiger partial charge in [-0.25, -0.2) is 0 Å².